The zero-order chi connectivity index (χ0) is 9.68. The van der Waals surface area contributed by atoms with Gasteiger partial charge in [-0.3, -0.25) is 11.3 Å². The minimum atomic E-state index is -0.225. The molecule has 0 aromatic heterocycles. The summed E-state index contributed by atoms with van der Waals surface area (Å²) in [6.07, 6.45) is 2.35. The van der Waals surface area contributed by atoms with Gasteiger partial charge in [0.05, 0.1) is 0 Å². The zero-order valence-corrected chi connectivity index (χ0v) is 7.33. The van der Waals surface area contributed by atoms with Crippen molar-refractivity contribution in [2.24, 2.45) is 5.84 Å². The SMILES string of the molecule is C=CC(Cc1cccc(F)c1)NN. The standard InChI is InChI=1S/C10H13FN2/c1-2-10(13-12)7-8-4-3-5-9(11)6-8/h2-6,10,13H,1,7,12H2. The first-order valence-corrected chi connectivity index (χ1v) is 4.09. The molecule has 0 spiro atoms. The third kappa shape index (κ3) is 2.97. The smallest absolute Gasteiger partial charge is 0.123 e. The molecule has 3 heteroatoms. The van der Waals surface area contributed by atoms with Gasteiger partial charge in [0.15, 0.2) is 0 Å². The van der Waals surface area contributed by atoms with Gasteiger partial charge in [-0.1, -0.05) is 18.2 Å². The van der Waals surface area contributed by atoms with Crippen LogP contribution in [0.1, 0.15) is 5.56 Å². The Morgan fingerprint density at radius 3 is 2.92 bits per heavy atom. The van der Waals surface area contributed by atoms with Crippen molar-refractivity contribution in [1.29, 1.82) is 0 Å². The van der Waals surface area contributed by atoms with Crippen LogP contribution < -0.4 is 11.3 Å². The van der Waals surface area contributed by atoms with Gasteiger partial charge in [-0.15, -0.1) is 6.58 Å². The summed E-state index contributed by atoms with van der Waals surface area (Å²) < 4.78 is 12.7. The highest BCUT2D eigenvalue weighted by molar-refractivity contribution is 5.18. The topological polar surface area (TPSA) is 38.0 Å². The van der Waals surface area contributed by atoms with Crippen LogP contribution in [0.25, 0.3) is 0 Å². The molecule has 0 aliphatic rings. The molecule has 0 aliphatic heterocycles. The van der Waals surface area contributed by atoms with Crippen molar-refractivity contribution < 1.29 is 4.39 Å². The zero-order valence-electron chi connectivity index (χ0n) is 7.33. The van der Waals surface area contributed by atoms with E-state index in [0.29, 0.717) is 6.42 Å². The maximum Gasteiger partial charge on any atom is 0.123 e. The molecule has 1 unspecified atom stereocenters. The second-order valence-corrected chi connectivity index (χ2v) is 2.84. The van der Waals surface area contributed by atoms with Crippen LogP contribution in [0.2, 0.25) is 0 Å². The number of nitrogens with one attached hydrogen (secondary N) is 1. The van der Waals surface area contributed by atoms with E-state index in [1.807, 2.05) is 6.07 Å². The molecule has 0 saturated heterocycles. The summed E-state index contributed by atoms with van der Waals surface area (Å²) in [4.78, 5) is 0. The average Bonchev–Trinajstić information content (AvgIpc) is 2.14. The average molecular weight is 180 g/mol. The van der Waals surface area contributed by atoms with Crippen molar-refractivity contribution in [3.63, 3.8) is 0 Å². The Morgan fingerprint density at radius 1 is 1.62 bits per heavy atom. The summed E-state index contributed by atoms with van der Waals surface area (Å²) in [6.45, 7) is 3.61. The van der Waals surface area contributed by atoms with Gasteiger partial charge in [-0.25, -0.2) is 4.39 Å². The molecular weight excluding hydrogens is 167 g/mol. The van der Waals surface area contributed by atoms with Crippen LogP contribution in [0.3, 0.4) is 0 Å². The number of hydrazine groups is 1. The van der Waals surface area contributed by atoms with E-state index < -0.39 is 0 Å². The quantitative estimate of drug-likeness (QED) is 0.417. The van der Waals surface area contributed by atoms with Gasteiger partial charge < -0.3 is 0 Å². The molecule has 70 valence electrons. The minimum absolute atomic E-state index is 0.0122. The molecule has 0 amide bonds. The lowest BCUT2D eigenvalue weighted by Gasteiger charge is -2.10. The number of hydrogen-bond acceptors (Lipinski definition) is 2. The second-order valence-electron chi connectivity index (χ2n) is 2.84. The number of rotatable bonds is 4. The number of halogens is 1. The van der Waals surface area contributed by atoms with Gasteiger partial charge >= 0.3 is 0 Å². The first-order valence-electron chi connectivity index (χ1n) is 4.09. The molecule has 13 heavy (non-hydrogen) atoms. The molecule has 0 fully saturated rings. The summed E-state index contributed by atoms with van der Waals surface area (Å²) in [7, 11) is 0. The van der Waals surface area contributed by atoms with Gasteiger partial charge in [-0.05, 0) is 24.1 Å². The number of benzene rings is 1. The Bertz CT molecular complexity index is 286. The molecule has 1 aromatic carbocycles. The fraction of sp³-hybridized carbons (Fsp3) is 0.200. The van der Waals surface area contributed by atoms with Crippen LogP contribution in [0.5, 0.6) is 0 Å². The molecule has 0 bridgehead atoms. The van der Waals surface area contributed by atoms with Crippen molar-refractivity contribution in [3.05, 3.63) is 48.3 Å². The molecule has 3 N–H and O–H groups in total. The van der Waals surface area contributed by atoms with Gasteiger partial charge in [0, 0.05) is 6.04 Å². The molecule has 0 aliphatic carbocycles. The van der Waals surface area contributed by atoms with Gasteiger partial charge in [0.2, 0.25) is 0 Å². The largest absolute Gasteiger partial charge is 0.271 e. The lowest BCUT2D eigenvalue weighted by Crippen LogP contribution is -2.34. The molecule has 1 atom stereocenters. The Kier molecular flexibility index (Phi) is 3.61. The second kappa shape index (κ2) is 4.74. The summed E-state index contributed by atoms with van der Waals surface area (Å²) in [6, 6.07) is 6.44. The van der Waals surface area contributed by atoms with Crippen molar-refractivity contribution in [3.8, 4) is 0 Å². The maximum atomic E-state index is 12.7. The molecular formula is C10H13FN2. The number of hydrogen-bond donors (Lipinski definition) is 2. The van der Waals surface area contributed by atoms with E-state index in [1.165, 1.54) is 12.1 Å². The van der Waals surface area contributed by atoms with Crippen molar-refractivity contribution in [2.45, 2.75) is 12.5 Å². The highest BCUT2D eigenvalue weighted by Gasteiger charge is 2.02. The van der Waals surface area contributed by atoms with E-state index in [0.717, 1.165) is 5.56 Å². The maximum absolute atomic E-state index is 12.7. The fourth-order valence-corrected chi connectivity index (χ4v) is 1.13. The normalized spacial score (nSPS) is 12.5. The molecule has 0 heterocycles. The van der Waals surface area contributed by atoms with Crippen molar-refractivity contribution in [1.82, 2.24) is 5.43 Å². The van der Waals surface area contributed by atoms with E-state index in [-0.39, 0.29) is 11.9 Å². The van der Waals surface area contributed by atoms with Crippen LogP contribution >= 0.6 is 0 Å². The van der Waals surface area contributed by atoms with E-state index in [4.69, 9.17) is 5.84 Å². The highest BCUT2D eigenvalue weighted by atomic mass is 19.1. The van der Waals surface area contributed by atoms with Crippen LogP contribution in [-0.2, 0) is 6.42 Å². The summed E-state index contributed by atoms with van der Waals surface area (Å²) in [5, 5.41) is 0. The molecule has 2 nitrogen and oxygen atoms in total. The Hall–Kier alpha value is -1.19. The van der Waals surface area contributed by atoms with E-state index in [1.54, 1.807) is 12.1 Å². The van der Waals surface area contributed by atoms with Crippen LogP contribution in [0.4, 0.5) is 4.39 Å². The predicted octanol–water partition coefficient (Wildman–Crippen LogP) is 1.39. The molecule has 0 saturated carbocycles. The lowest BCUT2D eigenvalue weighted by molar-refractivity contribution is 0.604. The Balaban J connectivity index is 2.67. The summed E-state index contributed by atoms with van der Waals surface area (Å²) >= 11 is 0. The monoisotopic (exact) mass is 180 g/mol. The minimum Gasteiger partial charge on any atom is -0.271 e. The number of nitrogens with two attached hydrogens (primary N) is 1. The van der Waals surface area contributed by atoms with Gasteiger partial charge in [0.25, 0.3) is 0 Å². The Morgan fingerprint density at radius 2 is 2.38 bits per heavy atom. The third-order valence-corrected chi connectivity index (χ3v) is 1.84. The molecule has 1 aromatic rings. The van der Waals surface area contributed by atoms with Gasteiger partial charge in [-0.2, -0.15) is 0 Å². The van der Waals surface area contributed by atoms with Gasteiger partial charge in [0.1, 0.15) is 5.82 Å². The molecule has 0 radical (unpaired) electrons. The van der Waals surface area contributed by atoms with Crippen LogP contribution in [-0.4, -0.2) is 6.04 Å². The first kappa shape index (κ1) is 9.89. The third-order valence-electron chi connectivity index (χ3n) is 1.84. The van der Waals surface area contributed by atoms with Crippen LogP contribution in [0.15, 0.2) is 36.9 Å². The highest BCUT2D eigenvalue weighted by Crippen LogP contribution is 2.06. The fourth-order valence-electron chi connectivity index (χ4n) is 1.13. The van der Waals surface area contributed by atoms with E-state index in [9.17, 15) is 4.39 Å². The van der Waals surface area contributed by atoms with E-state index >= 15 is 0 Å². The predicted molar refractivity (Wildman–Crippen MR) is 51.4 cm³/mol. The van der Waals surface area contributed by atoms with Crippen molar-refractivity contribution in [2.75, 3.05) is 0 Å². The summed E-state index contributed by atoms with van der Waals surface area (Å²) in [5.41, 5.74) is 3.48. The van der Waals surface area contributed by atoms with Crippen LogP contribution in [0, 0.1) is 5.82 Å². The Labute approximate surface area is 77.2 Å². The molecule has 1 rings (SSSR count). The first-order chi connectivity index (χ1) is 6.26. The summed E-state index contributed by atoms with van der Waals surface area (Å²) in [5.74, 6) is 5.03. The van der Waals surface area contributed by atoms with Crippen molar-refractivity contribution >= 4 is 0 Å². The van der Waals surface area contributed by atoms with E-state index in [2.05, 4.69) is 12.0 Å². The lowest BCUT2D eigenvalue weighted by atomic mass is 10.1.